The number of alkyl halides is 4. The highest BCUT2D eigenvalue weighted by atomic mass is 35.6. The van der Waals surface area contributed by atoms with Gasteiger partial charge in [0.1, 0.15) is 48.7 Å². The summed E-state index contributed by atoms with van der Waals surface area (Å²) in [6, 6.07) is 27.9. The summed E-state index contributed by atoms with van der Waals surface area (Å²) in [5.74, 6) is -7.82. The van der Waals surface area contributed by atoms with Crippen molar-refractivity contribution < 1.29 is 80.9 Å². The number of nitrogens with zero attached hydrogens (tertiary/aromatic N) is 1. The maximum absolute atomic E-state index is 14.6. The SMILES string of the molecule is CC(=O)CCC(=O)OC[C@H]1O[C@H](OC(=N)C(Cl)(Cl)Cl)[C@H](OC(=O)c2ccccc2)[C@@H](OC(=O)c2ccccc2)[C@@H]1O[C@@H]1O[C@@H]2CO[C@@H](c3ccccc3)O[C@H]2[C@H](OC(=O)CCl)[C@H]1N1C(=O)c2ccccc2C1=O. The number of hydrogen-bond donors (Lipinski definition) is 1. The molecule has 0 spiro atoms. The van der Waals surface area contributed by atoms with Crippen LogP contribution in [-0.4, -0.2) is 137 Å². The molecule has 4 aromatic rings. The van der Waals surface area contributed by atoms with Crippen LogP contribution in [0.3, 0.4) is 0 Å². The number of amides is 2. The quantitative estimate of drug-likeness (QED) is 0.0315. The number of ketones is 1. The summed E-state index contributed by atoms with van der Waals surface area (Å²) >= 11 is 24.3. The fourth-order valence-electron chi connectivity index (χ4n) is 8.45. The smallest absolute Gasteiger partial charge is 0.338 e. The predicted molar refractivity (Wildman–Crippen MR) is 255 cm³/mol. The van der Waals surface area contributed by atoms with E-state index in [0.29, 0.717) is 5.56 Å². The van der Waals surface area contributed by atoms with Gasteiger partial charge < -0.3 is 52.2 Å². The van der Waals surface area contributed by atoms with Crippen LogP contribution in [0.4, 0.5) is 0 Å². The standard InChI is InChI=1S/C50H44Cl4N2O17/c1-26(57)21-22-34(58)64-24-32-38(40(69-44(62)27-13-5-2-6-14-27)41(48(67-32)73-49(55)50(52,53)54)70-45(63)28-15-7-3-8-16-28)72-47-36(56-42(60)30-19-11-12-20-31(30)43(56)61)39(68-35(59)23-51)37-33(66-47)25-65-46(71-37)29-17-9-4-10-18-29/h2-20,32-33,36-41,46-48,55H,21-25H2,1H3/t32-,33-,36-,37-,38-,39-,40+,41-,46-,47+,48-/m1/s1. The van der Waals surface area contributed by atoms with Gasteiger partial charge in [0.15, 0.2) is 24.8 Å². The van der Waals surface area contributed by atoms with Crippen LogP contribution in [0.5, 0.6) is 0 Å². The van der Waals surface area contributed by atoms with E-state index < -0.39 is 126 Å². The van der Waals surface area contributed by atoms with Gasteiger partial charge in [-0.1, -0.05) is 114 Å². The molecule has 3 saturated heterocycles. The topological polar surface area (TPSA) is 239 Å². The van der Waals surface area contributed by atoms with Gasteiger partial charge in [0.25, 0.3) is 15.6 Å². The summed E-state index contributed by atoms with van der Waals surface area (Å²) in [5.41, 5.74) is 0.449. The van der Waals surface area contributed by atoms with E-state index in [1.165, 1.54) is 79.7 Å². The fraction of sp³-hybridized carbons (Fsp3) is 0.360. The molecule has 2 amide bonds. The first-order valence-electron chi connectivity index (χ1n) is 22.5. The Hall–Kier alpha value is -6.00. The molecule has 3 fully saturated rings. The normalized spacial score (nSPS) is 26.6. The molecule has 0 aromatic heterocycles. The molecular formula is C50H44Cl4N2O17. The predicted octanol–water partition coefficient (Wildman–Crippen LogP) is 6.48. The number of hydrogen-bond acceptors (Lipinski definition) is 18. The van der Waals surface area contributed by atoms with Crippen molar-refractivity contribution in [3.8, 4) is 0 Å². The number of fused-ring (bicyclic) bond motifs is 2. The molecule has 4 aliphatic rings. The first kappa shape index (κ1) is 53.3. The van der Waals surface area contributed by atoms with Crippen molar-refractivity contribution in [2.45, 2.75) is 91.2 Å². The van der Waals surface area contributed by atoms with Crippen molar-refractivity contribution in [2.24, 2.45) is 0 Å². The minimum atomic E-state index is -2.55. The second kappa shape index (κ2) is 23.5. The van der Waals surface area contributed by atoms with Crippen LogP contribution in [0, 0.1) is 5.41 Å². The second-order valence-corrected chi connectivity index (χ2v) is 19.3. The Kier molecular flexibility index (Phi) is 17.1. The van der Waals surface area contributed by atoms with E-state index in [1.807, 2.05) is 0 Å². The Balaban J connectivity index is 1.28. The molecule has 23 heteroatoms. The molecule has 19 nitrogen and oxygen atoms in total. The summed E-state index contributed by atoms with van der Waals surface area (Å²) in [4.78, 5) is 96.9. The highest BCUT2D eigenvalue weighted by Gasteiger charge is 2.61. The number of benzene rings is 4. The van der Waals surface area contributed by atoms with Crippen molar-refractivity contribution in [1.29, 1.82) is 5.41 Å². The van der Waals surface area contributed by atoms with Gasteiger partial charge in [0, 0.05) is 12.0 Å². The van der Waals surface area contributed by atoms with E-state index in [0.717, 1.165) is 4.90 Å². The molecule has 0 unspecified atom stereocenters. The average Bonchev–Trinajstić information content (AvgIpc) is 3.64. The summed E-state index contributed by atoms with van der Waals surface area (Å²) < 4.78 is 59.5. The van der Waals surface area contributed by atoms with Crippen LogP contribution in [0.2, 0.25) is 0 Å². The van der Waals surface area contributed by atoms with Gasteiger partial charge in [0.2, 0.25) is 18.3 Å². The minimum Gasteiger partial charge on any atom is -0.463 e. The van der Waals surface area contributed by atoms with Crippen LogP contribution in [0.15, 0.2) is 115 Å². The number of carbonyl (C=O) groups excluding carboxylic acids is 7. The second-order valence-electron chi connectivity index (χ2n) is 16.8. The van der Waals surface area contributed by atoms with E-state index in [4.69, 9.17) is 99.2 Å². The van der Waals surface area contributed by atoms with Gasteiger partial charge in [-0.05, 0) is 43.3 Å². The van der Waals surface area contributed by atoms with Crippen molar-refractivity contribution in [3.05, 3.63) is 143 Å². The van der Waals surface area contributed by atoms with E-state index in [-0.39, 0.29) is 47.5 Å². The first-order chi connectivity index (χ1) is 35.0. The van der Waals surface area contributed by atoms with Gasteiger partial charge >= 0.3 is 23.9 Å². The van der Waals surface area contributed by atoms with E-state index >= 15 is 0 Å². The van der Waals surface area contributed by atoms with Gasteiger partial charge in [-0.3, -0.25) is 29.5 Å². The Morgan fingerprint density at radius 1 is 0.658 bits per heavy atom. The Bertz CT molecular complexity index is 2660. The Morgan fingerprint density at radius 2 is 1.22 bits per heavy atom. The number of ether oxygens (including phenoxy) is 10. The number of Topliss-reactive ketones (excluding diaryl/α,β-unsaturated/α-hetero) is 1. The van der Waals surface area contributed by atoms with Crippen LogP contribution in [0.25, 0.3) is 0 Å². The maximum atomic E-state index is 14.6. The number of rotatable bonds is 16. The summed E-state index contributed by atoms with van der Waals surface area (Å²) in [7, 11) is 0. The number of halogens is 4. The van der Waals surface area contributed by atoms with E-state index in [1.54, 1.807) is 42.5 Å². The van der Waals surface area contributed by atoms with E-state index in [2.05, 4.69) is 0 Å². The third-order valence-electron chi connectivity index (χ3n) is 11.8. The molecule has 73 heavy (non-hydrogen) atoms. The number of esters is 4. The Labute approximate surface area is 436 Å². The summed E-state index contributed by atoms with van der Waals surface area (Å²) in [6.07, 6.45) is -17.4. The summed E-state index contributed by atoms with van der Waals surface area (Å²) in [6.45, 7) is 0.186. The average molecular weight is 1090 g/mol. The third-order valence-corrected chi connectivity index (χ3v) is 12.6. The zero-order chi connectivity index (χ0) is 52.0. The van der Waals surface area contributed by atoms with E-state index in [9.17, 15) is 33.6 Å². The zero-order valence-electron chi connectivity index (χ0n) is 38.3. The van der Waals surface area contributed by atoms with Gasteiger partial charge in [-0.15, -0.1) is 11.6 Å². The largest absolute Gasteiger partial charge is 0.463 e. The van der Waals surface area contributed by atoms with Crippen LogP contribution >= 0.6 is 46.4 Å². The molecule has 1 N–H and O–H groups in total. The zero-order valence-corrected chi connectivity index (χ0v) is 41.3. The fourth-order valence-corrected chi connectivity index (χ4v) is 8.64. The lowest BCUT2D eigenvalue weighted by atomic mass is 9.93. The molecule has 0 bridgehead atoms. The highest BCUT2D eigenvalue weighted by molar-refractivity contribution is 6.76. The molecule has 4 aromatic carbocycles. The molecule has 0 saturated carbocycles. The number of carbonyl (C=O) groups is 7. The lowest BCUT2D eigenvalue weighted by molar-refractivity contribution is -0.372. The third kappa shape index (κ3) is 12.3. The number of imide groups is 1. The Morgan fingerprint density at radius 3 is 1.78 bits per heavy atom. The highest BCUT2D eigenvalue weighted by Crippen LogP contribution is 2.42. The molecule has 4 heterocycles. The van der Waals surface area contributed by atoms with Gasteiger partial charge in [-0.2, -0.15) is 0 Å². The van der Waals surface area contributed by atoms with Crippen LogP contribution < -0.4 is 0 Å². The maximum Gasteiger partial charge on any atom is 0.338 e. The molecule has 4 aliphatic heterocycles. The first-order valence-corrected chi connectivity index (χ1v) is 24.2. The minimum absolute atomic E-state index is 0.0211. The summed E-state index contributed by atoms with van der Waals surface area (Å²) in [5, 5.41) is 8.55. The van der Waals surface area contributed by atoms with Gasteiger partial charge in [-0.25, -0.2) is 9.59 Å². The molecule has 0 radical (unpaired) electrons. The molecule has 8 rings (SSSR count). The lowest BCUT2D eigenvalue weighted by Crippen LogP contribution is -2.71. The number of nitrogens with one attached hydrogen (secondary N) is 1. The van der Waals surface area contributed by atoms with Crippen LogP contribution in [0.1, 0.15) is 73.1 Å². The van der Waals surface area contributed by atoms with Crippen molar-refractivity contribution in [2.75, 3.05) is 19.1 Å². The molecule has 384 valence electrons. The van der Waals surface area contributed by atoms with Gasteiger partial charge in [0.05, 0.1) is 35.3 Å². The monoisotopic (exact) mass is 1080 g/mol. The molecular weight excluding hydrogens is 1040 g/mol. The van der Waals surface area contributed by atoms with Crippen molar-refractivity contribution in [1.82, 2.24) is 4.90 Å². The van der Waals surface area contributed by atoms with Crippen molar-refractivity contribution in [3.63, 3.8) is 0 Å². The lowest BCUT2D eigenvalue weighted by Gasteiger charge is -2.52. The van der Waals surface area contributed by atoms with Crippen LogP contribution in [-0.2, 0) is 61.8 Å². The molecule has 11 atom stereocenters. The molecule has 0 aliphatic carbocycles. The van der Waals surface area contributed by atoms with Crippen molar-refractivity contribution >= 4 is 93.8 Å².